The maximum absolute atomic E-state index is 11.7. The SMILES string of the molecule is C[C@]12CCC3=C4CCC(=O)C=C4CC[C@H]3[C@@H]1CCC2/C=C(\O)CO. The second kappa shape index (κ2) is 5.87. The molecule has 3 nitrogen and oxygen atoms in total. The van der Waals surface area contributed by atoms with Crippen LogP contribution in [0.2, 0.25) is 0 Å². The molecule has 0 aromatic rings. The fourth-order valence-corrected chi connectivity index (χ4v) is 6.13. The van der Waals surface area contributed by atoms with Gasteiger partial charge in [0.2, 0.25) is 0 Å². The van der Waals surface area contributed by atoms with E-state index in [1.807, 2.05) is 12.2 Å². The van der Waals surface area contributed by atoms with E-state index in [9.17, 15) is 9.90 Å². The first-order valence-corrected chi connectivity index (χ1v) is 9.49. The zero-order chi connectivity index (χ0) is 16.9. The number of allylic oxidation sites excluding steroid dienone is 5. The van der Waals surface area contributed by atoms with Crippen molar-refractivity contribution < 1.29 is 15.0 Å². The molecule has 1 unspecified atom stereocenters. The molecular formula is C21H28O3. The smallest absolute Gasteiger partial charge is 0.156 e. The van der Waals surface area contributed by atoms with Crippen molar-refractivity contribution in [3.05, 3.63) is 34.6 Å². The van der Waals surface area contributed by atoms with Crippen LogP contribution in [-0.2, 0) is 4.79 Å². The zero-order valence-electron chi connectivity index (χ0n) is 14.6. The molecule has 0 aliphatic heterocycles. The van der Waals surface area contributed by atoms with Crippen molar-refractivity contribution in [3.63, 3.8) is 0 Å². The Morgan fingerprint density at radius 3 is 2.88 bits per heavy atom. The van der Waals surface area contributed by atoms with Crippen LogP contribution in [0.5, 0.6) is 0 Å². The van der Waals surface area contributed by atoms with E-state index in [2.05, 4.69) is 6.92 Å². The molecule has 0 heterocycles. The molecule has 2 N–H and O–H groups in total. The lowest BCUT2D eigenvalue weighted by molar-refractivity contribution is -0.114. The van der Waals surface area contributed by atoms with Crippen LogP contribution in [0, 0.1) is 23.2 Å². The largest absolute Gasteiger partial charge is 0.510 e. The highest BCUT2D eigenvalue weighted by Gasteiger charge is 2.52. The first-order valence-electron chi connectivity index (χ1n) is 9.49. The summed E-state index contributed by atoms with van der Waals surface area (Å²) in [5.74, 6) is 2.16. The van der Waals surface area contributed by atoms with Gasteiger partial charge in [-0.1, -0.05) is 12.5 Å². The standard InChI is InChI=1S/C21H28O3/c1-21-9-8-18-17-6-4-15(23)10-13(17)2-5-19(18)20(21)7-3-14(21)11-16(24)12-22/h10-11,14,19-20,22,24H,2-9,12H2,1H3/b16-11-/t14?,19-,20+,21-/m1/s1. The molecule has 3 heteroatoms. The van der Waals surface area contributed by atoms with E-state index in [4.69, 9.17) is 5.11 Å². The van der Waals surface area contributed by atoms with Gasteiger partial charge in [0.25, 0.3) is 0 Å². The first-order chi connectivity index (χ1) is 11.5. The zero-order valence-corrected chi connectivity index (χ0v) is 14.6. The molecule has 4 atom stereocenters. The van der Waals surface area contributed by atoms with Gasteiger partial charge in [-0.3, -0.25) is 4.79 Å². The van der Waals surface area contributed by atoms with Gasteiger partial charge < -0.3 is 10.2 Å². The molecule has 0 saturated heterocycles. The van der Waals surface area contributed by atoms with Crippen LogP contribution in [-0.4, -0.2) is 22.6 Å². The van der Waals surface area contributed by atoms with E-state index < -0.39 is 0 Å². The van der Waals surface area contributed by atoms with Crippen LogP contribution in [0.3, 0.4) is 0 Å². The topological polar surface area (TPSA) is 57.5 Å². The molecule has 0 radical (unpaired) electrons. The molecule has 0 aromatic heterocycles. The Balaban J connectivity index is 1.66. The van der Waals surface area contributed by atoms with Gasteiger partial charge in [-0.2, -0.15) is 0 Å². The molecule has 0 spiro atoms. The van der Waals surface area contributed by atoms with E-state index in [0.717, 1.165) is 32.1 Å². The van der Waals surface area contributed by atoms with Crippen molar-refractivity contribution in [2.75, 3.05) is 6.61 Å². The summed E-state index contributed by atoms with van der Waals surface area (Å²) in [5, 5.41) is 19.0. The number of ketones is 1. The minimum atomic E-state index is -0.252. The third kappa shape index (κ3) is 2.40. The van der Waals surface area contributed by atoms with Gasteiger partial charge >= 0.3 is 0 Å². The van der Waals surface area contributed by atoms with E-state index in [0.29, 0.717) is 30.0 Å². The van der Waals surface area contributed by atoms with Gasteiger partial charge in [0.05, 0.1) is 6.61 Å². The lowest BCUT2D eigenvalue weighted by Gasteiger charge is -2.49. The van der Waals surface area contributed by atoms with Crippen LogP contribution < -0.4 is 0 Å². The van der Waals surface area contributed by atoms with Gasteiger partial charge in [-0.05, 0) is 91.4 Å². The Hall–Kier alpha value is -1.35. The fourth-order valence-electron chi connectivity index (χ4n) is 6.13. The summed E-state index contributed by atoms with van der Waals surface area (Å²) in [7, 11) is 0. The molecule has 0 amide bonds. The number of fused-ring (bicyclic) bond motifs is 4. The van der Waals surface area contributed by atoms with E-state index >= 15 is 0 Å². The summed E-state index contributed by atoms with van der Waals surface area (Å²) in [6, 6.07) is 0. The summed E-state index contributed by atoms with van der Waals surface area (Å²) in [6.07, 6.45) is 12.4. The second-order valence-corrected chi connectivity index (χ2v) is 8.40. The highest BCUT2D eigenvalue weighted by atomic mass is 16.3. The summed E-state index contributed by atoms with van der Waals surface area (Å²) < 4.78 is 0. The number of hydrogen-bond acceptors (Lipinski definition) is 3. The molecule has 4 rings (SSSR count). The number of hydrogen-bond donors (Lipinski definition) is 2. The van der Waals surface area contributed by atoms with Gasteiger partial charge in [0.15, 0.2) is 5.78 Å². The Morgan fingerprint density at radius 1 is 1.25 bits per heavy atom. The van der Waals surface area contributed by atoms with Crippen molar-refractivity contribution in [1.29, 1.82) is 0 Å². The number of aliphatic hydroxyl groups is 2. The van der Waals surface area contributed by atoms with Crippen molar-refractivity contribution in [2.24, 2.45) is 23.2 Å². The molecule has 4 aliphatic carbocycles. The normalized spacial score (nSPS) is 39.2. The number of carbonyl (C=O) groups is 1. The lowest BCUT2D eigenvalue weighted by atomic mass is 9.56. The molecule has 0 bridgehead atoms. The van der Waals surface area contributed by atoms with Gasteiger partial charge in [0.1, 0.15) is 5.76 Å². The highest BCUT2D eigenvalue weighted by Crippen LogP contribution is 2.62. The fraction of sp³-hybridized carbons (Fsp3) is 0.667. The molecular weight excluding hydrogens is 300 g/mol. The van der Waals surface area contributed by atoms with Crippen LogP contribution >= 0.6 is 0 Å². The van der Waals surface area contributed by atoms with Crippen molar-refractivity contribution in [2.45, 2.75) is 58.3 Å². The molecule has 24 heavy (non-hydrogen) atoms. The average Bonchev–Trinajstić information content (AvgIpc) is 2.90. The monoisotopic (exact) mass is 328 g/mol. The summed E-state index contributed by atoms with van der Waals surface area (Å²) in [6.45, 7) is 2.14. The Morgan fingerprint density at radius 2 is 2.08 bits per heavy atom. The number of carbonyl (C=O) groups excluding carboxylic acids is 1. The van der Waals surface area contributed by atoms with Crippen LogP contribution in [0.15, 0.2) is 34.6 Å². The third-order valence-corrected chi connectivity index (χ3v) is 7.36. The predicted molar refractivity (Wildman–Crippen MR) is 93.4 cm³/mol. The Labute approximate surface area is 144 Å². The molecule has 2 fully saturated rings. The lowest BCUT2D eigenvalue weighted by Crippen LogP contribution is -2.39. The van der Waals surface area contributed by atoms with E-state index in [1.54, 1.807) is 5.57 Å². The van der Waals surface area contributed by atoms with E-state index in [-0.39, 0.29) is 17.8 Å². The first kappa shape index (κ1) is 16.1. The third-order valence-electron chi connectivity index (χ3n) is 7.36. The number of aliphatic hydroxyl groups excluding tert-OH is 2. The van der Waals surface area contributed by atoms with Crippen LogP contribution in [0.4, 0.5) is 0 Å². The summed E-state index contributed by atoms with van der Waals surface area (Å²) >= 11 is 0. The maximum Gasteiger partial charge on any atom is 0.156 e. The van der Waals surface area contributed by atoms with Crippen molar-refractivity contribution in [3.8, 4) is 0 Å². The summed E-state index contributed by atoms with van der Waals surface area (Å²) in [4.78, 5) is 11.7. The maximum atomic E-state index is 11.7. The highest BCUT2D eigenvalue weighted by molar-refractivity contribution is 5.93. The Bertz CT molecular complexity index is 654. The van der Waals surface area contributed by atoms with Crippen molar-refractivity contribution in [1.82, 2.24) is 0 Å². The van der Waals surface area contributed by atoms with Crippen molar-refractivity contribution >= 4 is 5.78 Å². The van der Waals surface area contributed by atoms with Crippen LogP contribution in [0.25, 0.3) is 0 Å². The minimum absolute atomic E-state index is 0.130. The van der Waals surface area contributed by atoms with Gasteiger partial charge in [-0.15, -0.1) is 0 Å². The quantitative estimate of drug-likeness (QED) is 0.745. The number of rotatable bonds is 2. The minimum Gasteiger partial charge on any atom is -0.510 e. The van der Waals surface area contributed by atoms with Gasteiger partial charge in [-0.25, -0.2) is 0 Å². The molecule has 4 aliphatic rings. The average molecular weight is 328 g/mol. The molecule has 130 valence electrons. The van der Waals surface area contributed by atoms with E-state index in [1.165, 1.54) is 24.0 Å². The van der Waals surface area contributed by atoms with Gasteiger partial charge in [0, 0.05) is 6.42 Å². The Kier molecular flexibility index (Phi) is 3.95. The second-order valence-electron chi connectivity index (χ2n) is 8.40. The summed E-state index contributed by atoms with van der Waals surface area (Å²) in [5.41, 5.74) is 4.74. The molecule has 0 aromatic carbocycles. The molecule has 2 saturated carbocycles. The van der Waals surface area contributed by atoms with Crippen LogP contribution in [0.1, 0.15) is 58.3 Å². The predicted octanol–water partition coefficient (Wildman–Crippen LogP) is 4.24.